The fourth-order valence-electron chi connectivity index (χ4n) is 3.45. The third kappa shape index (κ3) is 3.06. The van der Waals surface area contributed by atoms with E-state index in [0.717, 1.165) is 24.3 Å². The molecule has 2 aromatic rings. The van der Waals surface area contributed by atoms with Gasteiger partial charge in [0, 0.05) is 5.56 Å². The topological polar surface area (TPSA) is 145 Å². The highest BCUT2D eigenvalue weighted by Crippen LogP contribution is 2.54. The number of aliphatic hydroxyl groups excluding tert-OH is 2. The summed E-state index contributed by atoms with van der Waals surface area (Å²) in [5.41, 5.74) is -5.78. The number of alkyl halides is 2. The van der Waals surface area contributed by atoms with Crippen molar-refractivity contribution in [2.45, 2.75) is 30.0 Å². The van der Waals surface area contributed by atoms with Gasteiger partial charge in [0.1, 0.15) is 12.2 Å². The van der Waals surface area contributed by atoms with E-state index in [4.69, 9.17) is 4.74 Å². The van der Waals surface area contributed by atoms with Crippen LogP contribution in [0.5, 0.6) is 0 Å². The van der Waals surface area contributed by atoms with Crippen molar-refractivity contribution in [3.05, 3.63) is 70.8 Å². The average Bonchev–Trinajstić information content (AvgIpc) is 2.88. The Hall–Kier alpha value is -2.92. The zero-order valence-corrected chi connectivity index (χ0v) is 14.6. The van der Waals surface area contributed by atoms with Gasteiger partial charge in [0.15, 0.2) is 5.60 Å². The van der Waals surface area contributed by atoms with Crippen LogP contribution in [0.25, 0.3) is 0 Å². The van der Waals surface area contributed by atoms with Gasteiger partial charge >= 0.3 is 17.9 Å². The second-order valence-electron chi connectivity index (χ2n) is 6.49. The van der Waals surface area contributed by atoms with E-state index < -0.39 is 58.7 Å². The Morgan fingerprint density at radius 1 is 0.966 bits per heavy atom. The van der Waals surface area contributed by atoms with E-state index in [-0.39, 0.29) is 5.56 Å². The second-order valence-corrected chi connectivity index (χ2v) is 6.49. The highest BCUT2D eigenvalue weighted by molar-refractivity contribution is 5.90. The molecule has 0 aliphatic carbocycles. The van der Waals surface area contributed by atoms with Crippen molar-refractivity contribution in [2.24, 2.45) is 0 Å². The fraction of sp³-hybridized carbons (Fsp3) is 0.263. The number of rotatable bonds is 5. The molecule has 0 spiro atoms. The first kappa shape index (κ1) is 20.8. The highest BCUT2D eigenvalue weighted by atomic mass is 19.3. The van der Waals surface area contributed by atoms with E-state index in [0.29, 0.717) is 0 Å². The maximum atomic E-state index is 14.9. The lowest BCUT2D eigenvalue weighted by Crippen LogP contribution is -2.53. The predicted octanol–water partition coefficient (Wildman–Crippen LogP) is 1.36. The fourth-order valence-corrected chi connectivity index (χ4v) is 3.45. The van der Waals surface area contributed by atoms with Crippen LogP contribution in [0.15, 0.2) is 48.5 Å². The Kier molecular flexibility index (Phi) is 5.13. The first-order valence-corrected chi connectivity index (χ1v) is 8.30. The molecule has 1 aliphatic rings. The van der Waals surface area contributed by atoms with Gasteiger partial charge in [-0.2, -0.15) is 8.78 Å². The van der Waals surface area contributed by atoms with Crippen LogP contribution < -0.4 is 0 Å². The minimum Gasteiger partial charge on any atom is -0.478 e. The summed E-state index contributed by atoms with van der Waals surface area (Å²) in [5, 5.41) is 50.0. The molecule has 0 radical (unpaired) electrons. The number of hydrogen-bond donors (Lipinski definition) is 5. The molecular formula is C19H16F2O8. The van der Waals surface area contributed by atoms with E-state index in [1.807, 2.05) is 0 Å². The summed E-state index contributed by atoms with van der Waals surface area (Å²) in [6.45, 7) is 0. The quantitative estimate of drug-likeness (QED) is 0.497. The zero-order valence-electron chi connectivity index (χ0n) is 14.6. The molecule has 154 valence electrons. The van der Waals surface area contributed by atoms with Gasteiger partial charge in [0.2, 0.25) is 6.29 Å². The molecule has 1 fully saturated rings. The lowest BCUT2D eigenvalue weighted by atomic mass is 9.78. The number of aliphatic hydroxyl groups is 3. The Morgan fingerprint density at radius 2 is 1.48 bits per heavy atom. The predicted molar refractivity (Wildman–Crippen MR) is 91.5 cm³/mol. The van der Waals surface area contributed by atoms with E-state index >= 15 is 0 Å². The number of aromatic carboxylic acids is 2. The maximum absolute atomic E-state index is 14.9. The Morgan fingerprint density at radius 3 is 2.07 bits per heavy atom. The summed E-state index contributed by atoms with van der Waals surface area (Å²) in [6, 6.07) is 9.20. The molecule has 5 N–H and O–H groups in total. The second kappa shape index (κ2) is 7.16. The molecule has 3 rings (SSSR count). The lowest BCUT2D eigenvalue weighted by Gasteiger charge is -2.36. The number of carboxylic acids is 2. The molecule has 0 bridgehead atoms. The maximum Gasteiger partial charge on any atom is 0.336 e. The Bertz CT molecular complexity index is 963. The molecule has 0 amide bonds. The lowest BCUT2D eigenvalue weighted by molar-refractivity contribution is -0.224. The standard InChI is InChI=1S/C19H16F2O8/c20-19(21)17(27)29-14(13(22)9-5-1-2-6-10(9)15(23)24)18(19,28)12-8-4-3-7-11(12)16(25)26/h1-8,13-14,17,22,27-28H,(H,23,24)(H,25,26)/t13-,14+,17+,18+/m0/s1. The van der Waals surface area contributed by atoms with Crippen LogP contribution in [0.3, 0.4) is 0 Å². The summed E-state index contributed by atoms with van der Waals surface area (Å²) in [4.78, 5) is 22.9. The van der Waals surface area contributed by atoms with Crippen molar-refractivity contribution in [2.75, 3.05) is 0 Å². The third-order valence-corrected chi connectivity index (χ3v) is 4.87. The van der Waals surface area contributed by atoms with Crippen LogP contribution in [0.1, 0.15) is 37.9 Å². The monoisotopic (exact) mass is 410 g/mol. The molecule has 2 aromatic carbocycles. The van der Waals surface area contributed by atoms with Crippen LogP contribution >= 0.6 is 0 Å². The first-order valence-electron chi connectivity index (χ1n) is 8.30. The Balaban J connectivity index is 2.22. The van der Waals surface area contributed by atoms with E-state index in [9.17, 15) is 43.9 Å². The van der Waals surface area contributed by atoms with Crippen LogP contribution in [0, 0.1) is 0 Å². The van der Waals surface area contributed by atoms with Crippen LogP contribution in [0.4, 0.5) is 8.78 Å². The van der Waals surface area contributed by atoms with E-state index in [2.05, 4.69) is 0 Å². The van der Waals surface area contributed by atoms with Gasteiger partial charge in [-0.1, -0.05) is 36.4 Å². The molecule has 0 aromatic heterocycles. The van der Waals surface area contributed by atoms with Crippen molar-refractivity contribution in [3.63, 3.8) is 0 Å². The minimum absolute atomic E-state index is 0.360. The van der Waals surface area contributed by atoms with Crippen molar-refractivity contribution < 1.29 is 48.6 Å². The normalized spacial score (nSPS) is 26.8. The molecule has 8 nitrogen and oxygen atoms in total. The van der Waals surface area contributed by atoms with Crippen LogP contribution in [-0.2, 0) is 10.3 Å². The van der Waals surface area contributed by atoms with Gasteiger partial charge in [0.25, 0.3) is 0 Å². The van der Waals surface area contributed by atoms with Crippen molar-refractivity contribution in [1.82, 2.24) is 0 Å². The number of halogens is 2. The van der Waals surface area contributed by atoms with Gasteiger partial charge in [-0.25, -0.2) is 9.59 Å². The number of carboxylic acid groups (broad SMARTS) is 2. The minimum atomic E-state index is -4.43. The van der Waals surface area contributed by atoms with Gasteiger partial charge in [-0.15, -0.1) is 0 Å². The summed E-state index contributed by atoms with van der Waals surface area (Å²) in [5.74, 6) is -7.53. The first-order chi connectivity index (χ1) is 13.5. The molecule has 1 saturated heterocycles. The molecule has 10 heteroatoms. The molecule has 1 heterocycles. The molecule has 4 atom stereocenters. The molecule has 29 heavy (non-hydrogen) atoms. The third-order valence-electron chi connectivity index (χ3n) is 4.87. The van der Waals surface area contributed by atoms with E-state index in [1.54, 1.807) is 0 Å². The van der Waals surface area contributed by atoms with Gasteiger partial charge in [-0.3, -0.25) is 0 Å². The number of benzene rings is 2. The SMILES string of the molecule is O=C(O)c1ccccc1[C@H](O)[C@H]1O[C@@H](O)C(F)(F)[C@@]1(O)c1ccccc1C(=O)O. The van der Waals surface area contributed by atoms with Gasteiger partial charge < -0.3 is 30.3 Å². The molecule has 1 aliphatic heterocycles. The van der Waals surface area contributed by atoms with Crippen LogP contribution in [-0.4, -0.2) is 55.8 Å². The summed E-state index contributed by atoms with van der Waals surface area (Å²) >= 11 is 0. The average molecular weight is 410 g/mol. The molecule has 0 saturated carbocycles. The van der Waals surface area contributed by atoms with Gasteiger partial charge in [-0.05, 0) is 17.7 Å². The summed E-state index contributed by atoms with van der Waals surface area (Å²) < 4.78 is 34.5. The summed E-state index contributed by atoms with van der Waals surface area (Å²) in [6.07, 6.45) is -7.31. The zero-order chi connectivity index (χ0) is 21.6. The number of carbonyl (C=O) groups is 2. The highest BCUT2D eigenvalue weighted by Gasteiger charge is 2.72. The van der Waals surface area contributed by atoms with Crippen molar-refractivity contribution in [1.29, 1.82) is 0 Å². The van der Waals surface area contributed by atoms with Crippen molar-refractivity contribution >= 4 is 11.9 Å². The largest absolute Gasteiger partial charge is 0.478 e. The smallest absolute Gasteiger partial charge is 0.336 e. The summed E-state index contributed by atoms with van der Waals surface area (Å²) in [7, 11) is 0. The van der Waals surface area contributed by atoms with E-state index in [1.165, 1.54) is 24.3 Å². The number of ether oxygens (including phenoxy) is 1. The van der Waals surface area contributed by atoms with Crippen LogP contribution in [0.2, 0.25) is 0 Å². The van der Waals surface area contributed by atoms with Gasteiger partial charge in [0.05, 0.1) is 11.1 Å². The molecule has 0 unspecified atom stereocenters. The number of hydrogen-bond acceptors (Lipinski definition) is 6. The molecular weight excluding hydrogens is 394 g/mol. The van der Waals surface area contributed by atoms with Crippen molar-refractivity contribution in [3.8, 4) is 0 Å². The Labute approximate surface area is 162 Å².